The first kappa shape index (κ1) is 20.4. The number of nitrogens with one attached hydrogen (secondary N) is 1. The van der Waals surface area contributed by atoms with Crippen LogP contribution >= 0.6 is 0 Å². The van der Waals surface area contributed by atoms with Gasteiger partial charge < -0.3 is 19.9 Å². The van der Waals surface area contributed by atoms with Crippen molar-refractivity contribution in [2.24, 2.45) is 0 Å². The van der Waals surface area contributed by atoms with Crippen LogP contribution < -0.4 is 10.3 Å². The van der Waals surface area contributed by atoms with Crippen LogP contribution in [0.1, 0.15) is 5.56 Å². The molecule has 8 heteroatoms. The van der Waals surface area contributed by atoms with Gasteiger partial charge in [-0.2, -0.15) is 4.39 Å². The van der Waals surface area contributed by atoms with E-state index in [1.165, 1.54) is 12.3 Å². The van der Waals surface area contributed by atoms with Gasteiger partial charge in [-0.25, -0.2) is 9.82 Å². The SMILES string of the molecule is Cc1cc(N(C)CCN2NCC(C3=CN4C(F)=CN(C)C4C=C3)=C2CO)ccc1F. The van der Waals surface area contributed by atoms with E-state index in [1.807, 2.05) is 47.1 Å². The molecule has 0 bridgehead atoms. The fraction of sp³-hybridized carbons (Fsp3) is 0.364. The van der Waals surface area contributed by atoms with Crippen LogP contribution in [0.2, 0.25) is 0 Å². The summed E-state index contributed by atoms with van der Waals surface area (Å²) < 4.78 is 27.7. The molecule has 1 aromatic rings. The van der Waals surface area contributed by atoms with Gasteiger partial charge in [-0.3, -0.25) is 4.90 Å². The molecule has 4 rings (SSSR count). The van der Waals surface area contributed by atoms with Gasteiger partial charge in [0, 0.05) is 39.1 Å². The fourth-order valence-electron chi connectivity index (χ4n) is 4.01. The number of rotatable bonds is 6. The summed E-state index contributed by atoms with van der Waals surface area (Å²) in [4.78, 5) is 5.45. The zero-order valence-electron chi connectivity index (χ0n) is 17.4. The van der Waals surface area contributed by atoms with Crippen LogP contribution in [0.3, 0.4) is 0 Å². The monoisotopic (exact) mass is 415 g/mol. The maximum atomic E-state index is 14.2. The molecule has 0 spiro atoms. The molecule has 0 aromatic heterocycles. The molecular formula is C22H27F2N5O. The third kappa shape index (κ3) is 3.68. The normalized spacial score (nSPS) is 20.7. The van der Waals surface area contributed by atoms with E-state index in [-0.39, 0.29) is 24.5 Å². The van der Waals surface area contributed by atoms with Gasteiger partial charge in [-0.1, -0.05) is 6.08 Å². The van der Waals surface area contributed by atoms with Gasteiger partial charge in [-0.15, -0.1) is 0 Å². The van der Waals surface area contributed by atoms with Crippen LogP contribution in [0.5, 0.6) is 0 Å². The van der Waals surface area contributed by atoms with Gasteiger partial charge in [0.25, 0.3) is 0 Å². The van der Waals surface area contributed by atoms with Crippen LogP contribution in [0.25, 0.3) is 0 Å². The molecule has 30 heavy (non-hydrogen) atoms. The number of halogens is 2. The molecule has 0 saturated carbocycles. The Morgan fingerprint density at radius 2 is 2.07 bits per heavy atom. The number of aliphatic hydroxyl groups excluding tert-OH is 1. The number of hydrogen-bond donors (Lipinski definition) is 2. The number of anilines is 1. The molecule has 1 atom stereocenters. The van der Waals surface area contributed by atoms with E-state index in [0.717, 1.165) is 22.5 Å². The van der Waals surface area contributed by atoms with Crippen LogP contribution in [0.15, 0.2) is 65.5 Å². The second-order valence-electron chi connectivity index (χ2n) is 7.81. The number of likely N-dealkylation sites (N-methyl/N-ethyl adjacent to an activating group) is 2. The molecule has 1 aromatic carbocycles. The summed E-state index contributed by atoms with van der Waals surface area (Å²) in [5.41, 5.74) is 7.48. The number of nitrogens with zero attached hydrogens (tertiary/aromatic N) is 4. The van der Waals surface area contributed by atoms with Crippen LogP contribution in [-0.4, -0.2) is 66.4 Å². The highest BCUT2D eigenvalue weighted by molar-refractivity contribution is 5.49. The Morgan fingerprint density at radius 3 is 2.80 bits per heavy atom. The quantitative estimate of drug-likeness (QED) is 0.696. The maximum Gasteiger partial charge on any atom is 0.211 e. The minimum Gasteiger partial charge on any atom is -0.390 e. The highest BCUT2D eigenvalue weighted by Gasteiger charge is 2.32. The molecular weight excluding hydrogens is 388 g/mol. The molecule has 0 amide bonds. The second kappa shape index (κ2) is 8.12. The molecule has 0 fully saturated rings. The standard InChI is InChI=1S/C22H27F2N5O/c1-15-10-17(5-6-19(15)23)26(2)8-9-29-20(14-30)18(11-25-29)16-4-7-22-27(3)13-21(24)28(22)12-16/h4-7,10,12-13,22,25,30H,8-9,11,14H2,1-3H3. The lowest BCUT2D eigenvalue weighted by molar-refractivity contribution is 0.227. The van der Waals surface area contributed by atoms with Crippen molar-refractivity contribution in [2.45, 2.75) is 13.1 Å². The number of benzene rings is 1. The van der Waals surface area contributed by atoms with E-state index in [9.17, 15) is 13.9 Å². The molecule has 1 unspecified atom stereocenters. The Bertz CT molecular complexity index is 955. The van der Waals surface area contributed by atoms with Crippen molar-refractivity contribution < 1.29 is 13.9 Å². The number of aliphatic hydroxyl groups is 1. The van der Waals surface area contributed by atoms with Crippen molar-refractivity contribution >= 4 is 5.69 Å². The van der Waals surface area contributed by atoms with Gasteiger partial charge in [0.2, 0.25) is 5.95 Å². The highest BCUT2D eigenvalue weighted by Crippen LogP contribution is 2.32. The van der Waals surface area contributed by atoms with Gasteiger partial charge in [0.1, 0.15) is 12.0 Å². The van der Waals surface area contributed by atoms with Gasteiger partial charge in [-0.05, 0) is 47.9 Å². The summed E-state index contributed by atoms with van der Waals surface area (Å²) in [7, 11) is 3.79. The van der Waals surface area contributed by atoms with Crippen molar-refractivity contribution in [3.8, 4) is 0 Å². The van der Waals surface area contributed by atoms with Crippen molar-refractivity contribution in [2.75, 3.05) is 45.2 Å². The van der Waals surface area contributed by atoms with E-state index in [0.29, 0.717) is 25.2 Å². The van der Waals surface area contributed by atoms with Crippen molar-refractivity contribution in [1.82, 2.24) is 20.2 Å². The minimum absolute atomic E-state index is 0.117. The molecule has 6 nitrogen and oxygen atoms in total. The molecule has 160 valence electrons. The second-order valence-corrected chi connectivity index (χ2v) is 7.81. The Morgan fingerprint density at radius 1 is 1.27 bits per heavy atom. The molecule has 0 radical (unpaired) electrons. The first-order valence-corrected chi connectivity index (χ1v) is 9.98. The molecule has 3 aliphatic heterocycles. The maximum absolute atomic E-state index is 14.2. The number of hydrazine groups is 1. The zero-order chi connectivity index (χ0) is 21.4. The van der Waals surface area contributed by atoms with Gasteiger partial charge in [0.15, 0.2) is 0 Å². The average molecular weight is 415 g/mol. The molecule has 3 aliphatic rings. The van der Waals surface area contributed by atoms with E-state index in [4.69, 9.17) is 0 Å². The average Bonchev–Trinajstić information content (AvgIpc) is 3.28. The Hall–Kier alpha value is -2.84. The lowest BCUT2D eigenvalue weighted by Crippen LogP contribution is -2.39. The lowest BCUT2D eigenvalue weighted by atomic mass is 10.0. The Labute approximate surface area is 175 Å². The van der Waals surface area contributed by atoms with Crippen molar-refractivity contribution in [1.29, 1.82) is 0 Å². The molecule has 0 saturated heterocycles. The van der Waals surface area contributed by atoms with Crippen molar-refractivity contribution in [3.63, 3.8) is 0 Å². The van der Waals surface area contributed by atoms with Crippen molar-refractivity contribution in [3.05, 3.63) is 76.9 Å². The first-order valence-electron chi connectivity index (χ1n) is 9.98. The van der Waals surface area contributed by atoms with E-state index in [2.05, 4.69) is 5.43 Å². The van der Waals surface area contributed by atoms with E-state index in [1.54, 1.807) is 24.1 Å². The molecule has 0 aliphatic carbocycles. The van der Waals surface area contributed by atoms with Crippen LogP contribution in [-0.2, 0) is 0 Å². The largest absolute Gasteiger partial charge is 0.390 e. The lowest BCUT2D eigenvalue weighted by Gasteiger charge is -2.29. The fourth-order valence-corrected chi connectivity index (χ4v) is 4.01. The predicted molar refractivity (Wildman–Crippen MR) is 113 cm³/mol. The van der Waals surface area contributed by atoms with E-state index < -0.39 is 0 Å². The zero-order valence-corrected chi connectivity index (χ0v) is 17.4. The summed E-state index contributed by atoms with van der Waals surface area (Å²) in [6.07, 6.45) is 7.05. The summed E-state index contributed by atoms with van der Waals surface area (Å²) in [6.45, 7) is 3.51. The van der Waals surface area contributed by atoms with Gasteiger partial charge >= 0.3 is 0 Å². The van der Waals surface area contributed by atoms with Crippen LogP contribution in [0, 0.1) is 12.7 Å². The van der Waals surface area contributed by atoms with Gasteiger partial charge in [0.05, 0.1) is 25.0 Å². The molecule has 2 N–H and O–H groups in total. The summed E-state index contributed by atoms with van der Waals surface area (Å²) in [6, 6.07) is 5.06. The molecule has 3 heterocycles. The number of allylic oxidation sites excluding steroid dienone is 1. The third-order valence-electron chi connectivity index (χ3n) is 5.85. The first-order chi connectivity index (χ1) is 14.4. The number of aryl methyl sites for hydroxylation is 1. The number of hydrogen-bond acceptors (Lipinski definition) is 6. The Kier molecular flexibility index (Phi) is 5.53. The smallest absolute Gasteiger partial charge is 0.211 e. The van der Waals surface area contributed by atoms with Crippen LogP contribution in [0.4, 0.5) is 14.5 Å². The Balaban J connectivity index is 1.47. The summed E-state index contributed by atoms with van der Waals surface area (Å²) in [5, 5.41) is 12.0. The van der Waals surface area contributed by atoms with E-state index >= 15 is 0 Å². The number of fused-ring (bicyclic) bond motifs is 1. The minimum atomic E-state index is -0.297. The predicted octanol–water partition coefficient (Wildman–Crippen LogP) is 2.43. The third-order valence-corrected chi connectivity index (χ3v) is 5.85. The summed E-state index contributed by atoms with van der Waals surface area (Å²) in [5.74, 6) is -0.510. The topological polar surface area (TPSA) is 45.2 Å². The summed E-state index contributed by atoms with van der Waals surface area (Å²) >= 11 is 0. The highest BCUT2D eigenvalue weighted by atomic mass is 19.1.